The average molecular weight is 293 g/mol. The van der Waals surface area contributed by atoms with Crippen molar-refractivity contribution in [2.75, 3.05) is 11.9 Å². The Morgan fingerprint density at radius 1 is 1.09 bits per heavy atom. The number of hydrogen-bond donors (Lipinski definition) is 2. The second kappa shape index (κ2) is 6.22. The molecule has 0 saturated heterocycles. The number of guanidine groups is 1. The summed E-state index contributed by atoms with van der Waals surface area (Å²) in [6.07, 6.45) is 3.43. The fourth-order valence-electron chi connectivity index (χ4n) is 2.73. The maximum Gasteiger partial charge on any atom is 0.193 e. The van der Waals surface area contributed by atoms with E-state index in [2.05, 4.69) is 59.7 Å². The molecule has 22 heavy (non-hydrogen) atoms. The van der Waals surface area contributed by atoms with Gasteiger partial charge >= 0.3 is 0 Å². The molecule has 0 unspecified atom stereocenters. The Kier molecular flexibility index (Phi) is 4.14. The van der Waals surface area contributed by atoms with Crippen LogP contribution >= 0.6 is 0 Å². The lowest BCUT2D eigenvalue weighted by Gasteiger charge is -2.13. The van der Waals surface area contributed by atoms with Gasteiger partial charge in [-0.05, 0) is 42.5 Å². The van der Waals surface area contributed by atoms with Crippen LogP contribution < -0.4 is 11.1 Å². The Morgan fingerprint density at radius 3 is 2.36 bits per heavy atom. The number of benzene rings is 2. The van der Waals surface area contributed by atoms with Crippen molar-refractivity contribution in [3.8, 4) is 0 Å². The molecule has 1 aliphatic carbocycles. The molecule has 3 rings (SSSR count). The van der Waals surface area contributed by atoms with E-state index in [1.165, 1.54) is 24.0 Å². The lowest BCUT2D eigenvalue weighted by molar-refractivity contribution is 0.705. The Labute approximate surface area is 132 Å². The molecule has 0 amide bonds. The first-order valence-electron chi connectivity index (χ1n) is 7.93. The number of aryl methyl sites for hydroxylation is 1. The lowest BCUT2D eigenvalue weighted by atomic mass is 9.96. The van der Waals surface area contributed by atoms with Gasteiger partial charge in [0.1, 0.15) is 0 Å². The van der Waals surface area contributed by atoms with Crippen LogP contribution in [-0.2, 0) is 11.8 Å². The Balaban J connectivity index is 1.62. The van der Waals surface area contributed by atoms with Gasteiger partial charge in [0.2, 0.25) is 0 Å². The van der Waals surface area contributed by atoms with E-state index in [0.717, 1.165) is 18.7 Å². The van der Waals surface area contributed by atoms with Gasteiger partial charge in [0.05, 0.1) is 6.54 Å². The summed E-state index contributed by atoms with van der Waals surface area (Å²) in [5.74, 6) is 0.492. The first kappa shape index (κ1) is 14.6. The fourth-order valence-corrected chi connectivity index (χ4v) is 2.73. The van der Waals surface area contributed by atoms with E-state index >= 15 is 0 Å². The number of nitrogens with zero attached hydrogens (tertiary/aromatic N) is 1. The largest absolute Gasteiger partial charge is 0.370 e. The molecule has 2 aromatic carbocycles. The van der Waals surface area contributed by atoms with E-state index < -0.39 is 0 Å². The molecule has 0 heterocycles. The van der Waals surface area contributed by atoms with Crippen LogP contribution in [0.15, 0.2) is 59.6 Å². The van der Waals surface area contributed by atoms with E-state index in [1.54, 1.807) is 0 Å². The molecule has 1 fully saturated rings. The van der Waals surface area contributed by atoms with Crippen molar-refractivity contribution < 1.29 is 0 Å². The minimum Gasteiger partial charge on any atom is -0.370 e. The van der Waals surface area contributed by atoms with Gasteiger partial charge in [0.15, 0.2) is 5.96 Å². The zero-order chi connectivity index (χ0) is 15.4. The average Bonchev–Trinajstić information content (AvgIpc) is 3.36. The molecule has 2 aromatic rings. The number of rotatable bonds is 5. The summed E-state index contributed by atoms with van der Waals surface area (Å²) >= 11 is 0. The number of nitrogens with two attached hydrogens (primary N) is 1. The molecule has 0 radical (unpaired) electrons. The minimum absolute atomic E-state index is 0.208. The molecule has 0 spiro atoms. The van der Waals surface area contributed by atoms with Crippen molar-refractivity contribution in [3.05, 3.63) is 65.7 Å². The fraction of sp³-hybridized carbons (Fsp3) is 0.316. The lowest BCUT2D eigenvalue weighted by Crippen LogP contribution is -2.24. The highest BCUT2D eigenvalue weighted by Crippen LogP contribution is 2.48. The van der Waals surface area contributed by atoms with Gasteiger partial charge in [-0.25, -0.2) is 0 Å². The van der Waals surface area contributed by atoms with E-state index in [-0.39, 0.29) is 5.41 Å². The highest BCUT2D eigenvalue weighted by atomic mass is 15.1. The zero-order valence-electron chi connectivity index (χ0n) is 13.0. The highest BCUT2D eigenvalue weighted by molar-refractivity contribution is 5.92. The topological polar surface area (TPSA) is 50.4 Å². The van der Waals surface area contributed by atoms with E-state index in [9.17, 15) is 0 Å². The van der Waals surface area contributed by atoms with E-state index in [0.29, 0.717) is 5.96 Å². The maximum absolute atomic E-state index is 6.03. The minimum atomic E-state index is 0.208. The van der Waals surface area contributed by atoms with Crippen LogP contribution in [0.1, 0.15) is 30.9 Å². The van der Waals surface area contributed by atoms with Crippen LogP contribution in [0.25, 0.3) is 0 Å². The molecule has 114 valence electrons. The van der Waals surface area contributed by atoms with Gasteiger partial charge in [-0.3, -0.25) is 4.99 Å². The molecule has 1 aliphatic rings. The molecule has 0 aromatic heterocycles. The first-order valence-corrected chi connectivity index (χ1v) is 7.93. The molecule has 3 heteroatoms. The molecule has 3 nitrogen and oxygen atoms in total. The van der Waals surface area contributed by atoms with E-state index in [4.69, 9.17) is 5.73 Å². The van der Waals surface area contributed by atoms with Crippen LogP contribution in [0.5, 0.6) is 0 Å². The van der Waals surface area contributed by atoms with Crippen molar-refractivity contribution in [2.24, 2.45) is 10.7 Å². The van der Waals surface area contributed by atoms with Gasteiger partial charge in [0.25, 0.3) is 0 Å². The molecule has 3 N–H and O–H groups in total. The number of nitrogens with one attached hydrogen (secondary N) is 1. The van der Waals surface area contributed by atoms with Crippen molar-refractivity contribution in [2.45, 2.75) is 31.6 Å². The Bertz CT molecular complexity index is 640. The summed E-state index contributed by atoms with van der Waals surface area (Å²) in [4.78, 5) is 4.56. The molecular formula is C19H23N3. The summed E-state index contributed by atoms with van der Waals surface area (Å²) < 4.78 is 0. The summed E-state index contributed by atoms with van der Waals surface area (Å²) in [7, 11) is 0. The summed E-state index contributed by atoms with van der Waals surface area (Å²) in [5.41, 5.74) is 9.92. The maximum atomic E-state index is 6.03. The summed E-state index contributed by atoms with van der Waals surface area (Å²) in [6, 6.07) is 18.9. The van der Waals surface area contributed by atoms with Gasteiger partial charge < -0.3 is 11.1 Å². The SMILES string of the molecule is CCc1ccc(NC(N)=NCC2(c3ccccc3)CC2)cc1. The molecule has 1 saturated carbocycles. The van der Waals surface area contributed by atoms with Gasteiger partial charge in [-0.1, -0.05) is 49.4 Å². The molecule has 0 aliphatic heterocycles. The molecule has 0 bridgehead atoms. The van der Waals surface area contributed by atoms with Crippen LogP contribution in [0.4, 0.5) is 5.69 Å². The predicted octanol–water partition coefficient (Wildman–Crippen LogP) is 3.71. The zero-order valence-corrected chi connectivity index (χ0v) is 13.0. The predicted molar refractivity (Wildman–Crippen MR) is 93.3 cm³/mol. The Morgan fingerprint density at radius 2 is 1.77 bits per heavy atom. The van der Waals surface area contributed by atoms with Crippen LogP contribution in [-0.4, -0.2) is 12.5 Å². The van der Waals surface area contributed by atoms with Gasteiger partial charge in [0, 0.05) is 11.1 Å². The molecular weight excluding hydrogens is 270 g/mol. The Hall–Kier alpha value is -2.29. The first-order chi connectivity index (χ1) is 10.7. The smallest absolute Gasteiger partial charge is 0.193 e. The standard InChI is InChI=1S/C19H23N3/c1-2-15-8-10-17(11-9-15)22-18(20)21-14-19(12-13-19)16-6-4-3-5-7-16/h3-11H,2,12-14H2,1H3,(H3,20,21,22). The van der Waals surface area contributed by atoms with Crippen LogP contribution in [0.2, 0.25) is 0 Å². The van der Waals surface area contributed by atoms with Crippen molar-refractivity contribution >= 4 is 11.6 Å². The van der Waals surface area contributed by atoms with Crippen molar-refractivity contribution in [1.82, 2.24) is 0 Å². The van der Waals surface area contributed by atoms with Gasteiger partial charge in [-0.2, -0.15) is 0 Å². The van der Waals surface area contributed by atoms with E-state index in [1.807, 2.05) is 12.1 Å². The third-order valence-corrected chi connectivity index (χ3v) is 4.43. The highest BCUT2D eigenvalue weighted by Gasteiger charge is 2.43. The second-order valence-corrected chi connectivity index (χ2v) is 6.02. The number of aliphatic imine (C=N–C) groups is 1. The van der Waals surface area contributed by atoms with Crippen molar-refractivity contribution in [1.29, 1.82) is 0 Å². The quantitative estimate of drug-likeness (QED) is 0.652. The number of hydrogen-bond acceptors (Lipinski definition) is 1. The second-order valence-electron chi connectivity index (χ2n) is 6.02. The third-order valence-electron chi connectivity index (χ3n) is 4.43. The van der Waals surface area contributed by atoms with Gasteiger partial charge in [-0.15, -0.1) is 0 Å². The summed E-state index contributed by atoms with van der Waals surface area (Å²) in [6.45, 7) is 2.90. The number of anilines is 1. The summed E-state index contributed by atoms with van der Waals surface area (Å²) in [5, 5.41) is 3.17. The monoisotopic (exact) mass is 293 g/mol. The van der Waals surface area contributed by atoms with Crippen LogP contribution in [0.3, 0.4) is 0 Å². The van der Waals surface area contributed by atoms with Crippen LogP contribution in [0, 0.1) is 0 Å². The normalized spacial score (nSPS) is 16.3. The van der Waals surface area contributed by atoms with Crippen molar-refractivity contribution in [3.63, 3.8) is 0 Å². The molecule has 0 atom stereocenters. The third kappa shape index (κ3) is 3.30.